The molecule has 13 heavy (non-hydrogen) atoms. The second-order valence-corrected chi connectivity index (χ2v) is 3.18. The summed E-state index contributed by atoms with van der Waals surface area (Å²) in [5.41, 5.74) is 0.821. The van der Waals surface area contributed by atoms with Gasteiger partial charge in [0.15, 0.2) is 0 Å². The molecule has 0 unspecified atom stereocenters. The Hall–Kier alpha value is -0.970. The van der Waals surface area contributed by atoms with Crippen LogP contribution in [0.3, 0.4) is 0 Å². The SMILES string of the molecule is C#CCN=Cc1ccc(Cl)cc1Cl. The number of terminal acetylenes is 1. The van der Waals surface area contributed by atoms with Gasteiger partial charge in [-0.25, -0.2) is 0 Å². The van der Waals surface area contributed by atoms with Crippen molar-refractivity contribution in [1.82, 2.24) is 0 Å². The molecule has 0 saturated heterocycles. The van der Waals surface area contributed by atoms with Gasteiger partial charge >= 0.3 is 0 Å². The lowest BCUT2D eigenvalue weighted by molar-refractivity contribution is 1.30. The van der Waals surface area contributed by atoms with Gasteiger partial charge in [0.05, 0.1) is 11.6 Å². The summed E-state index contributed by atoms with van der Waals surface area (Å²) >= 11 is 11.6. The summed E-state index contributed by atoms with van der Waals surface area (Å²) in [5, 5.41) is 1.19. The van der Waals surface area contributed by atoms with Crippen molar-refractivity contribution in [3.05, 3.63) is 33.8 Å². The third-order valence-corrected chi connectivity index (χ3v) is 1.94. The van der Waals surface area contributed by atoms with Crippen LogP contribution in [-0.2, 0) is 0 Å². The summed E-state index contributed by atoms with van der Waals surface area (Å²) in [6.45, 7) is 0.360. The molecule has 0 aliphatic carbocycles. The molecule has 0 atom stereocenters. The maximum Gasteiger partial charge on any atom is 0.0995 e. The molecular formula is C10H7Cl2N. The van der Waals surface area contributed by atoms with Crippen LogP contribution < -0.4 is 0 Å². The lowest BCUT2D eigenvalue weighted by Crippen LogP contribution is -1.84. The highest BCUT2D eigenvalue weighted by atomic mass is 35.5. The van der Waals surface area contributed by atoms with Gasteiger partial charge in [0.25, 0.3) is 0 Å². The van der Waals surface area contributed by atoms with Gasteiger partial charge in [-0.2, -0.15) is 0 Å². The van der Waals surface area contributed by atoms with Crippen LogP contribution in [0.5, 0.6) is 0 Å². The number of hydrogen-bond acceptors (Lipinski definition) is 1. The van der Waals surface area contributed by atoms with E-state index in [4.69, 9.17) is 29.6 Å². The minimum absolute atomic E-state index is 0.360. The first-order chi connectivity index (χ1) is 6.24. The van der Waals surface area contributed by atoms with E-state index >= 15 is 0 Å². The van der Waals surface area contributed by atoms with Crippen LogP contribution >= 0.6 is 23.2 Å². The zero-order valence-corrected chi connectivity index (χ0v) is 8.31. The molecule has 0 heterocycles. The van der Waals surface area contributed by atoms with Crippen LogP contribution in [0, 0.1) is 12.3 Å². The van der Waals surface area contributed by atoms with Crippen molar-refractivity contribution in [1.29, 1.82) is 0 Å². The van der Waals surface area contributed by atoms with E-state index in [1.54, 1.807) is 24.4 Å². The number of halogens is 2. The maximum atomic E-state index is 5.88. The molecule has 66 valence electrons. The Labute approximate surface area is 87.4 Å². The fourth-order valence-corrected chi connectivity index (χ4v) is 1.26. The molecule has 3 heteroatoms. The second kappa shape index (κ2) is 4.91. The van der Waals surface area contributed by atoms with Crippen LogP contribution in [-0.4, -0.2) is 12.8 Å². The summed E-state index contributed by atoms with van der Waals surface area (Å²) in [7, 11) is 0. The molecule has 0 N–H and O–H groups in total. The lowest BCUT2D eigenvalue weighted by Gasteiger charge is -1.96. The molecule has 1 aromatic carbocycles. The van der Waals surface area contributed by atoms with E-state index in [-0.39, 0.29) is 0 Å². The Morgan fingerprint density at radius 2 is 2.23 bits per heavy atom. The highest BCUT2D eigenvalue weighted by Gasteiger charge is 1.96. The molecule has 0 spiro atoms. The first-order valence-corrected chi connectivity index (χ1v) is 4.38. The van der Waals surface area contributed by atoms with Crippen LogP contribution in [0.2, 0.25) is 10.0 Å². The van der Waals surface area contributed by atoms with Crippen molar-refractivity contribution in [3.8, 4) is 12.3 Å². The minimum atomic E-state index is 0.360. The van der Waals surface area contributed by atoms with Crippen molar-refractivity contribution in [3.63, 3.8) is 0 Å². The van der Waals surface area contributed by atoms with Crippen LogP contribution in [0.15, 0.2) is 23.2 Å². The largest absolute Gasteiger partial charge is 0.280 e. The van der Waals surface area contributed by atoms with Crippen molar-refractivity contribution in [2.75, 3.05) is 6.54 Å². The zero-order valence-electron chi connectivity index (χ0n) is 6.80. The molecule has 0 bridgehead atoms. The van der Waals surface area contributed by atoms with E-state index in [1.165, 1.54) is 0 Å². The van der Waals surface area contributed by atoms with Gasteiger partial charge in [0.2, 0.25) is 0 Å². The Bertz CT molecular complexity index is 364. The van der Waals surface area contributed by atoms with E-state index in [9.17, 15) is 0 Å². The van der Waals surface area contributed by atoms with Crippen molar-refractivity contribution >= 4 is 29.4 Å². The smallest absolute Gasteiger partial charge is 0.0995 e. The Balaban J connectivity index is 2.85. The third-order valence-electron chi connectivity index (χ3n) is 1.38. The average molecular weight is 212 g/mol. The number of benzene rings is 1. The first-order valence-electron chi connectivity index (χ1n) is 3.62. The van der Waals surface area contributed by atoms with E-state index in [0.717, 1.165) is 5.56 Å². The fourth-order valence-electron chi connectivity index (χ4n) is 0.803. The molecular weight excluding hydrogens is 205 g/mol. The van der Waals surface area contributed by atoms with Crippen molar-refractivity contribution < 1.29 is 0 Å². The molecule has 1 nitrogen and oxygen atoms in total. The van der Waals surface area contributed by atoms with Gasteiger partial charge in [0.1, 0.15) is 0 Å². The molecule has 0 amide bonds. The number of rotatable bonds is 2. The monoisotopic (exact) mass is 211 g/mol. The first kappa shape index (κ1) is 10.1. The summed E-state index contributed by atoms with van der Waals surface area (Å²) in [4.78, 5) is 3.96. The average Bonchev–Trinajstić information content (AvgIpc) is 2.09. The van der Waals surface area contributed by atoms with Gasteiger partial charge in [-0.3, -0.25) is 4.99 Å². The third kappa shape index (κ3) is 3.10. The molecule has 0 aromatic heterocycles. The highest BCUT2D eigenvalue weighted by molar-refractivity contribution is 6.36. The van der Waals surface area contributed by atoms with Crippen molar-refractivity contribution in [2.24, 2.45) is 4.99 Å². The highest BCUT2D eigenvalue weighted by Crippen LogP contribution is 2.19. The Morgan fingerprint density at radius 3 is 2.85 bits per heavy atom. The number of hydrogen-bond donors (Lipinski definition) is 0. The predicted molar refractivity (Wildman–Crippen MR) is 57.8 cm³/mol. The van der Waals surface area contributed by atoms with E-state index in [0.29, 0.717) is 16.6 Å². The molecule has 0 radical (unpaired) electrons. The molecule has 1 rings (SSSR count). The molecule has 0 fully saturated rings. The predicted octanol–water partition coefficient (Wildman–Crippen LogP) is 3.05. The Morgan fingerprint density at radius 1 is 1.46 bits per heavy atom. The zero-order chi connectivity index (χ0) is 9.68. The maximum absolute atomic E-state index is 5.88. The van der Waals surface area contributed by atoms with E-state index in [2.05, 4.69) is 10.9 Å². The van der Waals surface area contributed by atoms with Gasteiger partial charge in [-0.05, 0) is 12.1 Å². The summed E-state index contributed by atoms with van der Waals surface area (Å²) in [6.07, 6.45) is 6.67. The van der Waals surface area contributed by atoms with Crippen LogP contribution in [0.4, 0.5) is 0 Å². The summed E-state index contributed by atoms with van der Waals surface area (Å²) in [6, 6.07) is 5.22. The second-order valence-electron chi connectivity index (χ2n) is 2.34. The minimum Gasteiger partial charge on any atom is -0.280 e. The molecule has 0 aliphatic heterocycles. The quantitative estimate of drug-likeness (QED) is 0.527. The van der Waals surface area contributed by atoms with Gasteiger partial charge < -0.3 is 0 Å². The van der Waals surface area contributed by atoms with Gasteiger partial charge in [-0.1, -0.05) is 35.2 Å². The van der Waals surface area contributed by atoms with Crippen LogP contribution in [0.1, 0.15) is 5.56 Å². The molecule has 1 aromatic rings. The molecule has 0 saturated carbocycles. The fraction of sp³-hybridized carbons (Fsp3) is 0.100. The van der Waals surface area contributed by atoms with E-state index in [1.807, 2.05) is 0 Å². The van der Waals surface area contributed by atoms with Crippen molar-refractivity contribution in [2.45, 2.75) is 0 Å². The number of aliphatic imine (C=N–C) groups is 1. The normalized spacial score (nSPS) is 10.2. The standard InChI is InChI=1S/C10H7Cl2N/c1-2-5-13-7-8-3-4-9(11)6-10(8)12/h1,3-4,6-7H,5H2. The van der Waals surface area contributed by atoms with Gasteiger partial charge in [0, 0.05) is 16.8 Å². The Kier molecular flexibility index (Phi) is 3.82. The van der Waals surface area contributed by atoms with E-state index < -0.39 is 0 Å². The summed E-state index contributed by atoms with van der Waals surface area (Å²) < 4.78 is 0. The van der Waals surface area contributed by atoms with Crippen LogP contribution in [0.25, 0.3) is 0 Å². The molecule has 0 aliphatic rings. The topological polar surface area (TPSA) is 12.4 Å². The lowest BCUT2D eigenvalue weighted by atomic mass is 10.2. The number of nitrogens with zero attached hydrogens (tertiary/aromatic N) is 1. The summed E-state index contributed by atoms with van der Waals surface area (Å²) in [5.74, 6) is 2.40. The van der Waals surface area contributed by atoms with Gasteiger partial charge in [-0.15, -0.1) is 6.42 Å².